The quantitative estimate of drug-likeness (QED) is 0.880. The predicted octanol–water partition coefficient (Wildman–Crippen LogP) is 3.53. The van der Waals surface area contributed by atoms with Crippen molar-refractivity contribution in [1.29, 1.82) is 0 Å². The molecule has 0 aliphatic carbocycles. The second kappa shape index (κ2) is 5.81. The molecular formula is C13H16BrF3N2O. The third-order valence-electron chi connectivity index (χ3n) is 3.22. The van der Waals surface area contributed by atoms with E-state index in [9.17, 15) is 13.2 Å². The Balaban J connectivity index is 2.34. The van der Waals surface area contributed by atoms with Crippen molar-refractivity contribution >= 4 is 21.6 Å². The van der Waals surface area contributed by atoms with Crippen LogP contribution < -0.4 is 15.0 Å². The molecule has 3 nitrogen and oxygen atoms in total. The van der Waals surface area contributed by atoms with Crippen LogP contribution in [0.1, 0.15) is 13.8 Å². The normalized spacial score (nSPS) is 23.8. The van der Waals surface area contributed by atoms with Gasteiger partial charge >= 0.3 is 6.36 Å². The molecular weight excluding hydrogens is 337 g/mol. The summed E-state index contributed by atoms with van der Waals surface area (Å²) in [4.78, 5) is 1.94. The van der Waals surface area contributed by atoms with Gasteiger partial charge in [0.1, 0.15) is 0 Å². The third kappa shape index (κ3) is 3.79. The average Bonchev–Trinajstić information content (AvgIpc) is 2.31. The topological polar surface area (TPSA) is 24.5 Å². The lowest BCUT2D eigenvalue weighted by atomic mass is 10.1. The SMILES string of the molecule is CC1CN(c2ccc(Br)cc2OC(F)(F)F)C(C)CN1. The van der Waals surface area contributed by atoms with Gasteiger partial charge in [0.15, 0.2) is 5.75 Å². The lowest BCUT2D eigenvalue weighted by Gasteiger charge is -2.39. The van der Waals surface area contributed by atoms with Crippen LogP contribution in [0.5, 0.6) is 5.75 Å². The van der Waals surface area contributed by atoms with Gasteiger partial charge in [0.05, 0.1) is 5.69 Å². The average molecular weight is 353 g/mol. The van der Waals surface area contributed by atoms with Gasteiger partial charge in [0, 0.05) is 29.6 Å². The number of nitrogens with zero attached hydrogens (tertiary/aromatic N) is 1. The van der Waals surface area contributed by atoms with Gasteiger partial charge < -0.3 is 15.0 Å². The molecule has 2 unspecified atom stereocenters. The highest BCUT2D eigenvalue weighted by Gasteiger charge is 2.34. The number of rotatable bonds is 2. The van der Waals surface area contributed by atoms with Gasteiger partial charge in [0.2, 0.25) is 0 Å². The molecule has 1 aromatic carbocycles. The Morgan fingerprint density at radius 3 is 2.70 bits per heavy atom. The summed E-state index contributed by atoms with van der Waals surface area (Å²) in [6, 6.07) is 5.04. The minimum Gasteiger partial charge on any atom is -0.404 e. The molecule has 1 N–H and O–H groups in total. The van der Waals surface area contributed by atoms with Crippen LogP contribution in [-0.4, -0.2) is 31.5 Å². The Hall–Kier alpha value is -0.950. The van der Waals surface area contributed by atoms with Gasteiger partial charge in [-0.1, -0.05) is 15.9 Å². The molecule has 0 amide bonds. The number of hydrogen-bond donors (Lipinski definition) is 1. The zero-order valence-electron chi connectivity index (χ0n) is 11.2. The number of anilines is 1. The monoisotopic (exact) mass is 352 g/mol. The van der Waals surface area contributed by atoms with E-state index in [-0.39, 0.29) is 17.8 Å². The molecule has 0 saturated carbocycles. The number of hydrogen-bond acceptors (Lipinski definition) is 3. The van der Waals surface area contributed by atoms with E-state index in [0.29, 0.717) is 16.7 Å². The minimum absolute atomic E-state index is 0.1000. The largest absolute Gasteiger partial charge is 0.573 e. The summed E-state index contributed by atoms with van der Waals surface area (Å²) in [5.74, 6) is -0.173. The zero-order valence-corrected chi connectivity index (χ0v) is 12.8. The van der Waals surface area contributed by atoms with E-state index < -0.39 is 6.36 Å². The van der Waals surface area contributed by atoms with Crippen LogP contribution in [-0.2, 0) is 0 Å². The van der Waals surface area contributed by atoms with E-state index in [4.69, 9.17) is 0 Å². The van der Waals surface area contributed by atoms with E-state index >= 15 is 0 Å². The third-order valence-corrected chi connectivity index (χ3v) is 3.71. The molecule has 7 heteroatoms. The van der Waals surface area contributed by atoms with Gasteiger partial charge in [0.25, 0.3) is 0 Å². The fraction of sp³-hybridized carbons (Fsp3) is 0.538. The Labute approximate surface area is 124 Å². The molecule has 0 spiro atoms. The maximum Gasteiger partial charge on any atom is 0.573 e. The van der Waals surface area contributed by atoms with Crippen molar-refractivity contribution in [3.05, 3.63) is 22.7 Å². The van der Waals surface area contributed by atoms with Crippen molar-refractivity contribution in [3.8, 4) is 5.75 Å². The summed E-state index contributed by atoms with van der Waals surface area (Å²) in [7, 11) is 0. The number of benzene rings is 1. The number of piperazine rings is 1. The smallest absolute Gasteiger partial charge is 0.404 e. The van der Waals surface area contributed by atoms with E-state index in [2.05, 4.69) is 26.0 Å². The summed E-state index contributed by atoms with van der Waals surface area (Å²) in [6.07, 6.45) is -4.70. The maximum atomic E-state index is 12.5. The maximum absolute atomic E-state index is 12.5. The lowest BCUT2D eigenvalue weighted by molar-refractivity contribution is -0.274. The van der Waals surface area contributed by atoms with E-state index in [1.165, 1.54) is 6.07 Å². The molecule has 2 rings (SSSR count). The molecule has 1 fully saturated rings. The standard InChI is InChI=1S/C13H16BrF3N2O/c1-8-7-19(9(2)6-18-8)11-4-3-10(14)5-12(11)20-13(15,16)17/h3-5,8-9,18H,6-7H2,1-2H3. The first-order valence-electron chi connectivity index (χ1n) is 6.31. The first-order valence-corrected chi connectivity index (χ1v) is 7.11. The number of ether oxygens (including phenoxy) is 1. The highest BCUT2D eigenvalue weighted by molar-refractivity contribution is 9.10. The summed E-state index contributed by atoms with van der Waals surface area (Å²) in [5, 5.41) is 3.30. The van der Waals surface area contributed by atoms with E-state index in [1.54, 1.807) is 12.1 Å². The molecule has 112 valence electrons. The van der Waals surface area contributed by atoms with Crippen LogP contribution >= 0.6 is 15.9 Å². The van der Waals surface area contributed by atoms with Gasteiger partial charge in [-0.15, -0.1) is 13.2 Å². The molecule has 1 aliphatic heterocycles. The van der Waals surface area contributed by atoms with Gasteiger partial charge in [-0.3, -0.25) is 0 Å². The minimum atomic E-state index is -4.70. The number of nitrogens with one attached hydrogen (secondary N) is 1. The molecule has 1 aromatic rings. The number of halogens is 4. The fourth-order valence-corrected chi connectivity index (χ4v) is 2.63. The first-order chi connectivity index (χ1) is 9.26. The Kier molecular flexibility index (Phi) is 4.49. The van der Waals surface area contributed by atoms with Crippen LogP contribution in [0.3, 0.4) is 0 Å². The Bertz CT molecular complexity index is 481. The van der Waals surface area contributed by atoms with Crippen molar-refractivity contribution in [2.75, 3.05) is 18.0 Å². The van der Waals surface area contributed by atoms with Crippen molar-refractivity contribution < 1.29 is 17.9 Å². The predicted molar refractivity (Wildman–Crippen MR) is 75.1 cm³/mol. The van der Waals surface area contributed by atoms with E-state index in [0.717, 1.165) is 6.54 Å². The molecule has 0 radical (unpaired) electrons. The highest BCUT2D eigenvalue weighted by atomic mass is 79.9. The van der Waals surface area contributed by atoms with Crippen molar-refractivity contribution in [2.24, 2.45) is 0 Å². The lowest BCUT2D eigenvalue weighted by Crippen LogP contribution is -2.54. The summed E-state index contributed by atoms with van der Waals surface area (Å²) in [5.41, 5.74) is 0.464. The fourth-order valence-electron chi connectivity index (χ4n) is 2.29. The van der Waals surface area contributed by atoms with Gasteiger partial charge in [-0.25, -0.2) is 0 Å². The van der Waals surface area contributed by atoms with Crippen LogP contribution in [0.2, 0.25) is 0 Å². The summed E-state index contributed by atoms with van der Waals surface area (Å²) < 4.78 is 42.3. The molecule has 20 heavy (non-hydrogen) atoms. The molecule has 1 heterocycles. The number of alkyl halides is 3. The molecule has 1 saturated heterocycles. The molecule has 1 aliphatic rings. The van der Waals surface area contributed by atoms with Gasteiger partial charge in [-0.05, 0) is 32.0 Å². The van der Waals surface area contributed by atoms with Crippen molar-refractivity contribution in [3.63, 3.8) is 0 Å². The van der Waals surface area contributed by atoms with Crippen molar-refractivity contribution in [1.82, 2.24) is 5.32 Å². The summed E-state index contributed by atoms with van der Waals surface area (Å²) in [6.45, 7) is 5.33. The van der Waals surface area contributed by atoms with E-state index in [1.807, 2.05) is 18.7 Å². The van der Waals surface area contributed by atoms with Crippen LogP contribution in [0, 0.1) is 0 Å². The second-order valence-electron chi connectivity index (χ2n) is 4.97. The zero-order chi connectivity index (χ0) is 14.9. The van der Waals surface area contributed by atoms with Crippen LogP contribution in [0.25, 0.3) is 0 Å². The Morgan fingerprint density at radius 1 is 1.35 bits per heavy atom. The summed E-state index contributed by atoms with van der Waals surface area (Å²) >= 11 is 3.18. The molecule has 2 atom stereocenters. The molecule has 0 bridgehead atoms. The van der Waals surface area contributed by atoms with Gasteiger partial charge in [-0.2, -0.15) is 0 Å². The molecule has 0 aromatic heterocycles. The highest BCUT2D eigenvalue weighted by Crippen LogP contribution is 2.36. The van der Waals surface area contributed by atoms with Crippen LogP contribution in [0.15, 0.2) is 22.7 Å². The second-order valence-corrected chi connectivity index (χ2v) is 5.89. The van der Waals surface area contributed by atoms with Crippen LogP contribution in [0.4, 0.5) is 18.9 Å². The Morgan fingerprint density at radius 2 is 2.05 bits per heavy atom. The first kappa shape index (κ1) is 15.4. The van der Waals surface area contributed by atoms with Crippen molar-refractivity contribution in [2.45, 2.75) is 32.3 Å².